The van der Waals surface area contributed by atoms with Crippen molar-refractivity contribution in [1.29, 1.82) is 0 Å². The fourth-order valence-electron chi connectivity index (χ4n) is 4.31. The van der Waals surface area contributed by atoms with Crippen molar-refractivity contribution >= 4 is 21.6 Å². The van der Waals surface area contributed by atoms with Crippen molar-refractivity contribution in [3.63, 3.8) is 0 Å². The number of fused-ring (bicyclic) bond motifs is 2. The minimum atomic E-state index is -3.91. The lowest BCUT2D eigenvalue weighted by atomic mass is 10.1. The highest BCUT2D eigenvalue weighted by atomic mass is 32.2. The monoisotopic (exact) mass is 444 g/mol. The second-order valence-corrected chi connectivity index (χ2v) is 9.24. The van der Waals surface area contributed by atoms with Gasteiger partial charge in [-0.05, 0) is 55.5 Å². The third-order valence-electron chi connectivity index (χ3n) is 5.81. The summed E-state index contributed by atoms with van der Waals surface area (Å²) in [5.74, 6) is -2.30. The number of halogens is 2. The zero-order valence-electron chi connectivity index (χ0n) is 16.3. The number of primary sulfonamides is 1. The fraction of sp³-hybridized carbons (Fsp3) is 0.238. The zero-order valence-corrected chi connectivity index (χ0v) is 17.1. The van der Waals surface area contributed by atoms with E-state index in [1.807, 2.05) is 0 Å². The summed E-state index contributed by atoms with van der Waals surface area (Å²) in [5.41, 5.74) is 3.50. The first kappa shape index (κ1) is 19.8. The highest BCUT2D eigenvalue weighted by Gasteiger charge is 2.33. The van der Waals surface area contributed by atoms with Gasteiger partial charge >= 0.3 is 0 Å². The number of anilines is 1. The number of sulfonamides is 1. The lowest BCUT2D eigenvalue weighted by Crippen LogP contribution is -2.30. The molecule has 31 heavy (non-hydrogen) atoms. The molecule has 0 radical (unpaired) electrons. The van der Waals surface area contributed by atoms with E-state index in [9.17, 15) is 22.0 Å². The lowest BCUT2D eigenvalue weighted by Gasteiger charge is -2.17. The van der Waals surface area contributed by atoms with Gasteiger partial charge in [-0.3, -0.25) is 4.79 Å². The Morgan fingerprint density at radius 3 is 2.58 bits per heavy atom. The van der Waals surface area contributed by atoms with Gasteiger partial charge in [-0.1, -0.05) is 6.07 Å². The van der Waals surface area contributed by atoms with E-state index >= 15 is 0 Å². The Balaban J connectivity index is 1.57. The first-order valence-electron chi connectivity index (χ1n) is 9.78. The van der Waals surface area contributed by atoms with E-state index in [1.54, 1.807) is 6.07 Å². The number of carbonyl (C=O) groups is 1. The number of benzene rings is 2. The molecule has 3 aromatic rings. The van der Waals surface area contributed by atoms with Gasteiger partial charge in [0.05, 0.1) is 10.6 Å². The third kappa shape index (κ3) is 3.22. The Labute approximate surface area is 177 Å². The number of aromatic nitrogens is 2. The van der Waals surface area contributed by atoms with E-state index in [2.05, 4.69) is 5.10 Å². The van der Waals surface area contributed by atoms with E-state index in [-0.39, 0.29) is 16.5 Å². The molecule has 5 rings (SSSR count). The molecule has 0 saturated heterocycles. The molecule has 1 aliphatic heterocycles. The van der Waals surface area contributed by atoms with Crippen molar-refractivity contribution in [3.8, 4) is 5.69 Å². The van der Waals surface area contributed by atoms with Gasteiger partial charge in [-0.25, -0.2) is 27.0 Å². The zero-order chi connectivity index (χ0) is 21.9. The number of carbonyl (C=O) groups excluding carboxylic acids is 1. The molecular formula is C21H18F2N4O3S. The molecular weight excluding hydrogens is 426 g/mol. The summed E-state index contributed by atoms with van der Waals surface area (Å²) in [6.45, 7) is 0.384. The van der Waals surface area contributed by atoms with Crippen LogP contribution in [0.15, 0.2) is 41.3 Å². The highest BCUT2D eigenvalue weighted by Crippen LogP contribution is 2.34. The second-order valence-electron chi connectivity index (χ2n) is 7.68. The minimum absolute atomic E-state index is 0.0662. The van der Waals surface area contributed by atoms with Crippen LogP contribution in [0.5, 0.6) is 0 Å². The lowest BCUT2D eigenvalue weighted by molar-refractivity contribution is 0.0983. The number of nitrogens with two attached hydrogens (primary N) is 1. The van der Waals surface area contributed by atoms with Crippen molar-refractivity contribution in [3.05, 3.63) is 70.5 Å². The number of nitrogens with zero attached hydrogens (tertiary/aromatic N) is 3. The van der Waals surface area contributed by atoms with Gasteiger partial charge in [-0.15, -0.1) is 0 Å². The molecule has 160 valence electrons. The summed E-state index contributed by atoms with van der Waals surface area (Å²) in [7, 11) is -3.91. The van der Waals surface area contributed by atoms with Gasteiger partial charge in [0.1, 0.15) is 0 Å². The summed E-state index contributed by atoms with van der Waals surface area (Å²) >= 11 is 0. The van der Waals surface area contributed by atoms with Crippen LogP contribution in [0.25, 0.3) is 5.69 Å². The van der Waals surface area contributed by atoms with Crippen LogP contribution in [-0.4, -0.2) is 30.7 Å². The van der Waals surface area contributed by atoms with Crippen LogP contribution in [0.3, 0.4) is 0 Å². The Bertz CT molecular complexity index is 1350. The summed E-state index contributed by atoms with van der Waals surface area (Å²) in [6.07, 6.45) is 2.72. The first-order chi connectivity index (χ1) is 14.7. The average Bonchev–Trinajstić information content (AvgIpc) is 3.43. The molecule has 2 N–H and O–H groups in total. The largest absolute Gasteiger partial charge is 0.306 e. The van der Waals surface area contributed by atoms with Gasteiger partial charge in [0.15, 0.2) is 17.3 Å². The average molecular weight is 444 g/mol. The maximum absolute atomic E-state index is 13.8. The summed E-state index contributed by atoms with van der Waals surface area (Å²) < 4.78 is 52.1. The quantitative estimate of drug-likeness (QED) is 0.671. The van der Waals surface area contributed by atoms with Crippen molar-refractivity contribution in [2.45, 2.75) is 30.6 Å². The SMILES string of the molecule is NS(=O)(=O)c1ccc2c(c1)N(C(=O)c1nn(-c3ccc(F)c(F)c3)c3c1CCC3)CC2. The molecule has 1 aromatic heterocycles. The molecule has 10 heteroatoms. The number of hydrogen-bond donors (Lipinski definition) is 1. The molecule has 0 atom stereocenters. The smallest absolute Gasteiger partial charge is 0.279 e. The molecule has 0 fully saturated rings. The van der Waals surface area contributed by atoms with Crippen LogP contribution in [0.2, 0.25) is 0 Å². The van der Waals surface area contributed by atoms with Crippen molar-refractivity contribution < 1.29 is 22.0 Å². The summed E-state index contributed by atoms with van der Waals surface area (Å²) in [5, 5.41) is 9.70. The van der Waals surface area contributed by atoms with E-state index in [4.69, 9.17) is 5.14 Å². The van der Waals surface area contributed by atoms with Gasteiger partial charge < -0.3 is 4.90 Å². The molecule has 0 unspecified atom stereocenters. The van der Waals surface area contributed by atoms with Gasteiger partial charge in [0.2, 0.25) is 10.0 Å². The Morgan fingerprint density at radius 1 is 1.03 bits per heavy atom. The van der Waals surface area contributed by atoms with Gasteiger partial charge in [0.25, 0.3) is 5.91 Å². The molecule has 1 amide bonds. The van der Waals surface area contributed by atoms with Crippen LogP contribution in [0.1, 0.15) is 33.7 Å². The predicted molar refractivity (Wildman–Crippen MR) is 109 cm³/mol. The number of amides is 1. The van der Waals surface area contributed by atoms with Crippen molar-refractivity contribution in [1.82, 2.24) is 9.78 Å². The fourth-order valence-corrected chi connectivity index (χ4v) is 4.85. The van der Waals surface area contributed by atoms with Crippen LogP contribution in [0, 0.1) is 11.6 Å². The molecule has 1 aliphatic carbocycles. The maximum Gasteiger partial charge on any atom is 0.279 e. The Hall–Kier alpha value is -3.11. The standard InChI is InChI=1S/C21H18F2N4O3S/c22-16-7-5-13(10-17(16)23)27-18-3-1-2-15(18)20(25-27)21(28)26-9-8-12-4-6-14(11-19(12)26)31(24,29)30/h4-7,10-11H,1-3,8-9H2,(H2,24,29,30). The molecule has 0 bridgehead atoms. The Kier molecular flexibility index (Phi) is 4.45. The van der Waals surface area contributed by atoms with Crippen LogP contribution < -0.4 is 10.0 Å². The third-order valence-corrected chi connectivity index (χ3v) is 6.72. The minimum Gasteiger partial charge on any atom is -0.306 e. The predicted octanol–water partition coefficient (Wildman–Crippen LogP) is 2.49. The Morgan fingerprint density at radius 2 is 1.84 bits per heavy atom. The second kappa shape index (κ2) is 6.96. The molecule has 2 aromatic carbocycles. The maximum atomic E-state index is 13.8. The van der Waals surface area contributed by atoms with E-state index in [1.165, 1.54) is 27.8 Å². The molecule has 0 saturated carbocycles. The van der Waals surface area contributed by atoms with E-state index in [0.717, 1.165) is 35.4 Å². The first-order valence-corrected chi connectivity index (χ1v) is 11.3. The van der Waals surface area contributed by atoms with Crippen molar-refractivity contribution in [2.75, 3.05) is 11.4 Å². The molecule has 0 spiro atoms. The van der Waals surface area contributed by atoms with Crippen LogP contribution >= 0.6 is 0 Å². The van der Waals surface area contributed by atoms with E-state index in [0.29, 0.717) is 37.2 Å². The molecule has 2 heterocycles. The topological polar surface area (TPSA) is 98.3 Å². The van der Waals surface area contributed by atoms with E-state index < -0.39 is 21.7 Å². The normalized spacial score (nSPS) is 15.3. The molecule has 2 aliphatic rings. The molecule has 7 nitrogen and oxygen atoms in total. The number of hydrogen-bond acceptors (Lipinski definition) is 4. The van der Waals surface area contributed by atoms with Crippen LogP contribution in [-0.2, 0) is 29.3 Å². The highest BCUT2D eigenvalue weighted by molar-refractivity contribution is 7.89. The summed E-state index contributed by atoms with van der Waals surface area (Å²) in [4.78, 5) is 14.9. The van der Waals surface area contributed by atoms with Gasteiger partial charge in [-0.2, -0.15) is 5.10 Å². The van der Waals surface area contributed by atoms with Crippen molar-refractivity contribution in [2.24, 2.45) is 5.14 Å². The number of rotatable bonds is 3. The summed E-state index contributed by atoms with van der Waals surface area (Å²) in [6, 6.07) is 7.99. The van der Waals surface area contributed by atoms with Gasteiger partial charge in [0, 0.05) is 29.6 Å². The van der Waals surface area contributed by atoms with Crippen LogP contribution in [0.4, 0.5) is 14.5 Å².